The molecule has 0 spiro atoms. The molecule has 10 heteroatoms. The topological polar surface area (TPSA) is 98.4 Å². The monoisotopic (exact) mass is 524 g/mol. The number of anilines is 1. The van der Waals surface area contributed by atoms with Crippen LogP contribution in [0.4, 0.5) is 14.5 Å². The van der Waals surface area contributed by atoms with Crippen LogP contribution in [0.25, 0.3) is 55.8 Å². The van der Waals surface area contributed by atoms with Crippen molar-refractivity contribution in [3.63, 3.8) is 0 Å². The molecule has 0 aliphatic carbocycles. The number of nitrogens with zero attached hydrogens (tertiary/aromatic N) is 5. The van der Waals surface area contributed by atoms with E-state index in [4.69, 9.17) is 0 Å². The van der Waals surface area contributed by atoms with Crippen molar-refractivity contribution in [3.05, 3.63) is 78.3 Å². The molecule has 0 unspecified atom stereocenters. The molecule has 8 nitrogen and oxygen atoms in total. The average molecular weight is 525 g/mol. The zero-order chi connectivity index (χ0) is 27.1. The predicted octanol–water partition coefficient (Wildman–Crippen LogP) is 5.79. The summed E-state index contributed by atoms with van der Waals surface area (Å²) in [4.78, 5) is 18.6. The Kier molecular flexibility index (Phi) is 6.24. The first-order valence-electron chi connectivity index (χ1n) is 12.5. The van der Waals surface area contributed by atoms with Gasteiger partial charge in [0.25, 0.3) is 0 Å². The molecule has 39 heavy (non-hydrogen) atoms. The number of aromatic amines is 2. The van der Waals surface area contributed by atoms with Crippen LogP contribution in [-0.2, 0) is 0 Å². The van der Waals surface area contributed by atoms with E-state index >= 15 is 4.39 Å². The molecule has 196 valence electrons. The third-order valence-electron chi connectivity index (χ3n) is 6.69. The number of benzene rings is 2. The summed E-state index contributed by atoms with van der Waals surface area (Å²) in [6.45, 7) is 3.45. The van der Waals surface area contributed by atoms with Gasteiger partial charge >= 0.3 is 0 Å². The molecule has 0 radical (unpaired) electrons. The van der Waals surface area contributed by atoms with Crippen molar-refractivity contribution < 1.29 is 8.78 Å². The van der Waals surface area contributed by atoms with Gasteiger partial charge in [-0.15, -0.1) is 0 Å². The molecular formula is C29H26F2N8. The zero-order valence-electron chi connectivity index (χ0n) is 21.7. The van der Waals surface area contributed by atoms with Crippen LogP contribution >= 0.6 is 0 Å². The number of aryl methyl sites for hydroxylation is 1. The quantitative estimate of drug-likeness (QED) is 0.245. The van der Waals surface area contributed by atoms with Gasteiger partial charge in [-0.05, 0) is 80.2 Å². The third kappa shape index (κ3) is 4.70. The number of nitrogens with one attached hydrogen (secondary N) is 3. The van der Waals surface area contributed by atoms with E-state index in [1.807, 2.05) is 45.3 Å². The smallest absolute Gasteiger partial charge is 0.178 e. The van der Waals surface area contributed by atoms with Gasteiger partial charge in [-0.1, -0.05) is 0 Å². The summed E-state index contributed by atoms with van der Waals surface area (Å²) in [7, 11) is 3.97. The van der Waals surface area contributed by atoms with Crippen molar-refractivity contribution in [3.8, 4) is 33.8 Å². The number of H-pyrrole nitrogens is 2. The molecule has 2 aromatic carbocycles. The number of imidazole rings is 1. The fourth-order valence-electron chi connectivity index (χ4n) is 4.72. The molecular weight excluding hydrogens is 498 g/mol. The summed E-state index contributed by atoms with van der Waals surface area (Å²) >= 11 is 0. The highest BCUT2D eigenvalue weighted by Crippen LogP contribution is 2.35. The van der Waals surface area contributed by atoms with Crippen molar-refractivity contribution in [1.29, 1.82) is 0 Å². The van der Waals surface area contributed by atoms with Gasteiger partial charge in [0.05, 0.1) is 5.52 Å². The van der Waals surface area contributed by atoms with Gasteiger partial charge in [0.1, 0.15) is 17.0 Å². The Balaban J connectivity index is 1.43. The van der Waals surface area contributed by atoms with Crippen LogP contribution in [-0.4, -0.2) is 62.2 Å². The van der Waals surface area contributed by atoms with E-state index in [1.165, 1.54) is 18.2 Å². The molecule has 3 N–H and O–H groups in total. The third-order valence-corrected chi connectivity index (χ3v) is 6.69. The standard InChI is InChI=1S/C29H26F2N8/c1-16-4-6-32-15-23(16)18-12-22-25(24(31)13-18)37-38-27(22)29-35-26-21(5-7-34-28(26)36-29)17-10-19(30)14-20(11-17)33-8-9-39(2)3/h4-7,10-15,33H,8-9H2,1-3H3,(H,37,38)(H,34,35,36). The first-order chi connectivity index (χ1) is 18.9. The van der Waals surface area contributed by atoms with E-state index in [2.05, 4.69) is 40.3 Å². The Hall–Kier alpha value is -4.70. The van der Waals surface area contributed by atoms with Gasteiger partial charge in [0, 0.05) is 53.9 Å². The minimum absolute atomic E-state index is 0.211. The molecule has 0 saturated heterocycles. The summed E-state index contributed by atoms with van der Waals surface area (Å²) in [5.41, 5.74) is 6.45. The second-order valence-electron chi connectivity index (χ2n) is 9.74. The van der Waals surface area contributed by atoms with Crippen molar-refractivity contribution in [1.82, 2.24) is 35.0 Å². The maximum atomic E-state index is 15.1. The van der Waals surface area contributed by atoms with Gasteiger partial charge < -0.3 is 15.2 Å². The highest BCUT2D eigenvalue weighted by Gasteiger charge is 2.19. The fraction of sp³-hybridized carbons (Fsp3) is 0.172. The summed E-state index contributed by atoms with van der Waals surface area (Å²) in [5, 5.41) is 11.0. The molecule has 4 heterocycles. The Bertz CT molecular complexity index is 1820. The predicted molar refractivity (Wildman–Crippen MR) is 149 cm³/mol. The molecule has 4 aromatic heterocycles. The minimum Gasteiger partial charge on any atom is -0.384 e. The van der Waals surface area contributed by atoms with E-state index in [0.29, 0.717) is 51.4 Å². The Labute approximate surface area is 223 Å². The molecule has 0 aliphatic rings. The van der Waals surface area contributed by atoms with Crippen LogP contribution in [0.3, 0.4) is 0 Å². The van der Waals surface area contributed by atoms with E-state index in [1.54, 1.807) is 18.6 Å². The summed E-state index contributed by atoms with van der Waals surface area (Å²) in [6, 6.07) is 11.9. The summed E-state index contributed by atoms with van der Waals surface area (Å²) in [6.07, 6.45) is 5.06. The number of likely N-dealkylation sites (N-methyl/N-ethyl adjacent to an activating group) is 1. The van der Waals surface area contributed by atoms with E-state index < -0.39 is 5.82 Å². The lowest BCUT2D eigenvalue weighted by Crippen LogP contribution is -2.20. The van der Waals surface area contributed by atoms with Crippen molar-refractivity contribution >= 4 is 27.8 Å². The summed E-state index contributed by atoms with van der Waals surface area (Å²) in [5.74, 6) is -0.345. The van der Waals surface area contributed by atoms with Crippen LogP contribution in [0, 0.1) is 18.6 Å². The molecule has 6 rings (SSSR count). The van der Waals surface area contributed by atoms with Crippen LogP contribution in [0.15, 0.2) is 61.1 Å². The van der Waals surface area contributed by atoms with Gasteiger partial charge in [0.2, 0.25) is 0 Å². The molecule has 0 saturated carbocycles. The number of hydrogen-bond acceptors (Lipinski definition) is 6. The number of pyridine rings is 2. The van der Waals surface area contributed by atoms with Gasteiger partial charge in [-0.2, -0.15) is 5.10 Å². The maximum Gasteiger partial charge on any atom is 0.178 e. The highest BCUT2D eigenvalue weighted by atomic mass is 19.1. The fourth-order valence-corrected chi connectivity index (χ4v) is 4.72. The number of aromatic nitrogens is 6. The lowest BCUT2D eigenvalue weighted by Gasteiger charge is -2.13. The molecule has 0 fully saturated rings. The lowest BCUT2D eigenvalue weighted by atomic mass is 10.0. The average Bonchev–Trinajstić information content (AvgIpc) is 3.53. The van der Waals surface area contributed by atoms with Crippen LogP contribution < -0.4 is 5.32 Å². The number of rotatable bonds is 7. The van der Waals surface area contributed by atoms with Crippen LogP contribution in [0.1, 0.15) is 5.56 Å². The first-order valence-corrected chi connectivity index (χ1v) is 12.5. The minimum atomic E-state index is -0.447. The maximum absolute atomic E-state index is 15.1. The zero-order valence-corrected chi connectivity index (χ0v) is 21.7. The first kappa shape index (κ1) is 24.6. The van der Waals surface area contributed by atoms with Gasteiger partial charge in [-0.25, -0.2) is 18.7 Å². The normalized spacial score (nSPS) is 11.6. The second kappa shape index (κ2) is 9.88. The molecule has 6 aromatic rings. The number of hydrogen-bond donors (Lipinski definition) is 3. The van der Waals surface area contributed by atoms with Crippen LogP contribution in [0.5, 0.6) is 0 Å². The SMILES string of the molecule is Cc1ccncc1-c1cc(F)c2n[nH]c(-c3nc4nccc(-c5cc(F)cc(NCCN(C)C)c5)c4[nH]3)c2c1. The molecule has 0 aliphatic heterocycles. The van der Waals surface area contributed by atoms with Gasteiger partial charge in [0.15, 0.2) is 17.3 Å². The Morgan fingerprint density at radius 2 is 1.82 bits per heavy atom. The Morgan fingerprint density at radius 3 is 2.64 bits per heavy atom. The van der Waals surface area contributed by atoms with Crippen molar-refractivity contribution in [2.75, 3.05) is 32.5 Å². The summed E-state index contributed by atoms with van der Waals surface area (Å²) < 4.78 is 29.7. The van der Waals surface area contributed by atoms with Crippen LogP contribution in [0.2, 0.25) is 0 Å². The van der Waals surface area contributed by atoms with Crippen molar-refractivity contribution in [2.24, 2.45) is 0 Å². The van der Waals surface area contributed by atoms with E-state index in [-0.39, 0.29) is 11.3 Å². The largest absolute Gasteiger partial charge is 0.384 e. The van der Waals surface area contributed by atoms with E-state index in [9.17, 15) is 4.39 Å². The number of halogens is 2. The molecule has 0 atom stereocenters. The van der Waals surface area contributed by atoms with Crippen molar-refractivity contribution in [2.45, 2.75) is 6.92 Å². The second-order valence-corrected chi connectivity index (χ2v) is 9.74. The molecule has 0 amide bonds. The molecule has 0 bridgehead atoms. The van der Waals surface area contributed by atoms with E-state index in [0.717, 1.165) is 23.2 Å². The Morgan fingerprint density at radius 1 is 0.974 bits per heavy atom. The lowest BCUT2D eigenvalue weighted by molar-refractivity contribution is 0.425. The van der Waals surface area contributed by atoms with Gasteiger partial charge in [-0.3, -0.25) is 10.1 Å². The number of fused-ring (bicyclic) bond motifs is 2. The highest BCUT2D eigenvalue weighted by molar-refractivity contribution is 5.98.